The van der Waals surface area contributed by atoms with E-state index in [1.807, 2.05) is 4.90 Å². The number of carboxylic acid groups (broad SMARTS) is 1. The Morgan fingerprint density at radius 2 is 2.36 bits per heavy atom. The number of fused-ring (bicyclic) bond motifs is 1. The molecule has 0 unspecified atom stereocenters. The smallest absolute Gasteiger partial charge is 0.317 e. The van der Waals surface area contributed by atoms with Gasteiger partial charge in [-0.15, -0.1) is 0 Å². The van der Waals surface area contributed by atoms with E-state index in [1.165, 1.54) is 6.42 Å². The van der Waals surface area contributed by atoms with Gasteiger partial charge in [-0.3, -0.25) is 9.69 Å². The van der Waals surface area contributed by atoms with E-state index in [0.29, 0.717) is 5.92 Å². The van der Waals surface area contributed by atoms with E-state index in [2.05, 4.69) is 0 Å². The molecule has 2 fully saturated rings. The SMILES string of the molecule is O=C(O)CN1C[C@H]2CCC[C@]2(CO)C1. The van der Waals surface area contributed by atoms with Crippen molar-refractivity contribution in [2.75, 3.05) is 26.2 Å². The maximum Gasteiger partial charge on any atom is 0.317 e. The van der Waals surface area contributed by atoms with Gasteiger partial charge in [-0.2, -0.15) is 0 Å². The molecule has 14 heavy (non-hydrogen) atoms. The molecule has 1 aliphatic carbocycles. The number of nitrogens with zero attached hydrogens (tertiary/aromatic N) is 1. The molecule has 0 spiro atoms. The zero-order valence-corrected chi connectivity index (χ0v) is 8.28. The first-order valence-corrected chi connectivity index (χ1v) is 5.21. The number of hydrogen-bond donors (Lipinski definition) is 2. The van der Waals surface area contributed by atoms with Crippen LogP contribution in [0.25, 0.3) is 0 Å². The van der Waals surface area contributed by atoms with Crippen LogP contribution >= 0.6 is 0 Å². The van der Waals surface area contributed by atoms with Gasteiger partial charge in [-0.1, -0.05) is 6.42 Å². The first kappa shape index (κ1) is 9.93. The van der Waals surface area contributed by atoms with Gasteiger partial charge in [0, 0.05) is 18.5 Å². The van der Waals surface area contributed by atoms with E-state index < -0.39 is 5.97 Å². The van der Waals surface area contributed by atoms with Crippen molar-refractivity contribution in [3.63, 3.8) is 0 Å². The molecule has 0 aromatic heterocycles. The molecular weight excluding hydrogens is 182 g/mol. The summed E-state index contributed by atoms with van der Waals surface area (Å²) in [5.74, 6) is -0.245. The lowest BCUT2D eigenvalue weighted by atomic mass is 9.82. The van der Waals surface area contributed by atoms with E-state index in [9.17, 15) is 9.90 Å². The lowest BCUT2D eigenvalue weighted by Gasteiger charge is -2.25. The summed E-state index contributed by atoms with van der Waals surface area (Å²) >= 11 is 0. The number of carboxylic acids is 1. The molecule has 2 atom stereocenters. The largest absolute Gasteiger partial charge is 0.480 e. The monoisotopic (exact) mass is 199 g/mol. The van der Waals surface area contributed by atoms with Gasteiger partial charge in [0.2, 0.25) is 0 Å². The summed E-state index contributed by atoms with van der Waals surface area (Å²) in [6, 6.07) is 0. The first-order valence-electron chi connectivity index (χ1n) is 5.21. The molecule has 1 heterocycles. The second-order valence-electron chi connectivity index (χ2n) is 4.67. The van der Waals surface area contributed by atoms with Crippen LogP contribution in [0.1, 0.15) is 19.3 Å². The molecule has 0 aromatic carbocycles. The van der Waals surface area contributed by atoms with Gasteiger partial charge in [0.15, 0.2) is 0 Å². The number of likely N-dealkylation sites (tertiary alicyclic amines) is 1. The fraction of sp³-hybridized carbons (Fsp3) is 0.900. The maximum atomic E-state index is 10.6. The maximum absolute atomic E-state index is 10.6. The Balaban J connectivity index is 2.01. The van der Waals surface area contributed by atoms with Crippen molar-refractivity contribution in [3.8, 4) is 0 Å². The third kappa shape index (κ3) is 1.53. The molecule has 1 saturated heterocycles. The van der Waals surface area contributed by atoms with E-state index in [4.69, 9.17) is 5.11 Å². The molecule has 1 saturated carbocycles. The number of hydrogen-bond acceptors (Lipinski definition) is 3. The van der Waals surface area contributed by atoms with Crippen LogP contribution < -0.4 is 0 Å². The van der Waals surface area contributed by atoms with Crippen LogP contribution in [0.5, 0.6) is 0 Å². The lowest BCUT2D eigenvalue weighted by Crippen LogP contribution is -2.33. The zero-order valence-electron chi connectivity index (χ0n) is 8.28. The zero-order chi connectivity index (χ0) is 10.2. The average molecular weight is 199 g/mol. The fourth-order valence-electron chi connectivity index (χ4n) is 3.10. The molecule has 2 aliphatic rings. The molecule has 2 rings (SSSR count). The van der Waals surface area contributed by atoms with Gasteiger partial charge in [-0.05, 0) is 18.8 Å². The molecule has 0 bridgehead atoms. The van der Waals surface area contributed by atoms with Gasteiger partial charge in [-0.25, -0.2) is 0 Å². The number of aliphatic carboxylic acids is 1. The van der Waals surface area contributed by atoms with Crippen molar-refractivity contribution in [1.82, 2.24) is 4.90 Å². The summed E-state index contributed by atoms with van der Waals surface area (Å²) in [6.45, 7) is 1.96. The summed E-state index contributed by atoms with van der Waals surface area (Å²) in [4.78, 5) is 12.5. The normalized spacial score (nSPS) is 37.4. The molecule has 1 aliphatic heterocycles. The van der Waals surface area contributed by atoms with Crippen molar-refractivity contribution in [2.24, 2.45) is 11.3 Å². The highest BCUT2D eigenvalue weighted by molar-refractivity contribution is 5.69. The van der Waals surface area contributed by atoms with Crippen LogP contribution in [-0.2, 0) is 4.79 Å². The highest BCUT2D eigenvalue weighted by Crippen LogP contribution is 2.48. The van der Waals surface area contributed by atoms with E-state index in [-0.39, 0.29) is 18.6 Å². The van der Waals surface area contributed by atoms with E-state index in [1.54, 1.807) is 0 Å². The van der Waals surface area contributed by atoms with Crippen molar-refractivity contribution in [2.45, 2.75) is 19.3 Å². The summed E-state index contributed by atoms with van der Waals surface area (Å²) in [5.41, 5.74) is 0.0233. The van der Waals surface area contributed by atoms with Crippen molar-refractivity contribution < 1.29 is 15.0 Å². The lowest BCUT2D eigenvalue weighted by molar-refractivity contribution is -0.138. The van der Waals surface area contributed by atoms with Gasteiger partial charge < -0.3 is 10.2 Å². The van der Waals surface area contributed by atoms with Gasteiger partial charge in [0.1, 0.15) is 0 Å². The Morgan fingerprint density at radius 1 is 1.57 bits per heavy atom. The van der Waals surface area contributed by atoms with Crippen LogP contribution in [0.2, 0.25) is 0 Å². The molecule has 0 radical (unpaired) electrons. The topological polar surface area (TPSA) is 60.8 Å². The third-order valence-electron chi connectivity index (χ3n) is 3.78. The fourth-order valence-corrected chi connectivity index (χ4v) is 3.10. The second kappa shape index (κ2) is 3.51. The standard InChI is InChI=1S/C10H17NO3/c12-7-10-3-1-2-8(10)4-11(6-10)5-9(13)14/h8,12H,1-7H2,(H,13,14)/t8-,10-/m1/s1. The van der Waals surface area contributed by atoms with Crippen LogP contribution in [0.4, 0.5) is 0 Å². The third-order valence-corrected chi connectivity index (χ3v) is 3.78. The van der Waals surface area contributed by atoms with Crippen LogP contribution in [0.3, 0.4) is 0 Å². The Hall–Kier alpha value is -0.610. The predicted octanol–water partition coefficient (Wildman–Crippen LogP) is 0.165. The quantitative estimate of drug-likeness (QED) is 0.680. The van der Waals surface area contributed by atoms with Crippen LogP contribution in [0, 0.1) is 11.3 Å². The summed E-state index contributed by atoms with van der Waals surface area (Å²) < 4.78 is 0. The van der Waals surface area contributed by atoms with Crippen LogP contribution in [-0.4, -0.2) is 47.3 Å². The molecular formula is C10H17NO3. The predicted molar refractivity (Wildman–Crippen MR) is 50.9 cm³/mol. The van der Waals surface area contributed by atoms with Crippen LogP contribution in [0.15, 0.2) is 0 Å². The van der Waals surface area contributed by atoms with E-state index in [0.717, 1.165) is 25.9 Å². The minimum Gasteiger partial charge on any atom is -0.480 e. The number of rotatable bonds is 3. The van der Waals surface area contributed by atoms with Gasteiger partial charge in [0.05, 0.1) is 13.2 Å². The minimum absolute atomic E-state index is 0.0233. The molecule has 0 amide bonds. The molecule has 0 aromatic rings. The molecule has 4 nitrogen and oxygen atoms in total. The number of aliphatic hydroxyl groups excluding tert-OH is 1. The Labute approximate surface area is 83.5 Å². The number of carbonyl (C=O) groups is 1. The number of aliphatic hydroxyl groups is 1. The highest BCUT2D eigenvalue weighted by atomic mass is 16.4. The Morgan fingerprint density at radius 3 is 2.93 bits per heavy atom. The van der Waals surface area contributed by atoms with Gasteiger partial charge in [0.25, 0.3) is 0 Å². The molecule has 2 N–H and O–H groups in total. The highest BCUT2D eigenvalue weighted by Gasteiger charge is 2.48. The first-order chi connectivity index (χ1) is 6.66. The Kier molecular flexibility index (Phi) is 2.49. The second-order valence-corrected chi connectivity index (χ2v) is 4.67. The summed E-state index contributed by atoms with van der Waals surface area (Å²) in [6.07, 6.45) is 3.40. The molecule has 80 valence electrons. The summed E-state index contributed by atoms with van der Waals surface area (Å²) in [5, 5.41) is 18.1. The van der Waals surface area contributed by atoms with E-state index >= 15 is 0 Å². The van der Waals surface area contributed by atoms with Crippen molar-refractivity contribution >= 4 is 5.97 Å². The summed E-state index contributed by atoms with van der Waals surface area (Å²) in [7, 11) is 0. The Bertz CT molecular complexity index is 244. The van der Waals surface area contributed by atoms with Gasteiger partial charge >= 0.3 is 5.97 Å². The van der Waals surface area contributed by atoms with Crippen molar-refractivity contribution in [1.29, 1.82) is 0 Å². The molecule has 4 heteroatoms. The average Bonchev–Trinajstić information content (AvgIpc) is 2.59. The minimum atomic E-state index is -0.766. The van der Waals surface area contributed by atoms with Crippen molar-refractivity contribution in [3.05, 3.63) is 0 Å².